The lowest BCUT2D eigenvalue weighted by Crippen LogP contribution is -2.27. The number of hydrogen-bond donors (Lipinski definition) is 1. The first kappa shape index (κ1) is 13.2. The average molecular weight is 272 g/mol. The topological polar surface area (TPSA) is 54.9 Å². The van der Waals surface area contributed by atoms with Crippen molar-refractivity contribution in [3.8, 4) is 0 Å². The van der Waals surface area contributed by atoms with Crippen LogP contribution in [0.25, 0.3) is 0 Å². The lowest BCUT2D eigenvalue weighted by atomic mass is 10.1. The van der Waals surface area contributed by atoms with Gasteiger partial charge in [-0.15, -0.1) is 6.58 Å². The number of nitrogens with zero attached hydrogens (tertiary/aromatic N) is 1. The lowest BCUT2D eigenvalue weighted by molar-refractivity contribution is 0.103. The third kappa shape index (κ3) is 2.61. The number of benzene rings is 1. The van der Waals surface area contributed by atoms with Gasteiger partial charge in [-0.2, -0.15) is 0 Å². The standard InChI is InChI=1S/C14H12N2O2S/c1-2-8-16-13(18)11(9-15-14(16)19)12(17)10-6-4-3-5-7-10/h2-7,9H,1,8H2,(H,15,19). The van der Waals surface area contributed by atoms with Crippen LogP contribution in [-0.4, -0.2) is 15.3 Å². The van der Waals surface area contributed by atoms with Crippen LogP contribution in [0.3, 0.4) is 0 Å². The molecule has 0 bridgehead atoms. The SMILES string of the molecule is C=CCn1c(=S)[nH]cc(C(=O)c2ccccc2)c1=O. The van der Waals surface area contributed by atoms with Gasteiger partial charge in [0.2, 0.25) is 0 Å². The number of carbonyl (C=O) groups is 1. The highest BCUT2D eigenvalue weighted by molar-refractivity contribution is 7.71. The van der Waals surface area contributed by atoms with E-state index in [0.29, 0.717) is 5.56 Å². The number of allylic oxidation sites excluding steroid dienone is 1. The molecule has 2 rings (SSSR count). The van der Waals surface area contributed by atoms with Crippen LogP contribution in [0.5, 0.6) is 0 Å². The van der Waals surface area contributed by atoms with Gasteiger partial charge in [0.05, 0.1) is 0 Å². The minimum atomic E-state index is -0.405. The van der Waals surface area contributed by atoms with E-state index in [1.54, 1.807) is 30.3 Å². The van der Waals surface area contributed by atoms with Crippen LogP contribution >= 0.6 is 12.2 Å². The van der Waals surface area contributed by atoms with E-state index in [1.165, 1.54) is 10.8 Å². The van der Waals surface area contributed by atoms with E-state index in [9.17, 15) is 9.59 Å². The smallest absolute Gasteiger partial charge is 0.265 e. The summed E-state index contributed by atoms with van der Waals surface area (Å²) in [7, 11) is 0. The van der Waals surface area contributed by atoms with E-state index >= 15 is 0 Å². The molecule has 1 aromatic heterocycles. The molecular weight excluding hydrogens is 260 g/mol. The molecule has 0 aliphatic heterocycles. The van der Waals surface area contributed by atoms with E-state index in [4.69, 9.17) is 12.2 Å². The van der Waals surface area contributed by atoms with Gasteiger partial charge in [0.1, 0.15) is 5.56 Å². The van der Waals surface area contributed by atoms with E-state index in [1.807, 2.05) is 6.07 Å². The number of nitrogens with one attached hydrogen (secondary N) is 1. The maximum absolute atomic E-state index is 12.2. The molecule has 0 amide bonds. The molecule has 5 heteroatoms. The van der Waals surface area contributed by atoms with Crippen molar-refractivity contribution in [2.75, 3.05) is 0 Å². The van der Waals surface area contributed by atoms with Crippen LogP contribution in [0.4, 0.5) is 0 Å². The summed E-state index contributed by atoms with van der Waals surface area (Å²) in [4.78, 5) is 27.2. The van der Waals surface area contributed by atoms with Gasteiger partial charge >= 0.3 is 0 Å². The van der Waals surface area contributed by atoms with Gasteiger partial charge in [0.25, 0.3) is 5.56 Å². The summed E-state index contributed by atoms with van der Waals surface area (Å²) in [5.74, 6) is -0.324. The third-order valence-corrected chi connectivity index (χ3v) is 2.99. The molecule has 0 aliphatic carbocycles. The van der Waals surface area contributed by atoms with Gasteiger partial charge < -0.3 is 4.98 Å². The summed E-state index contributed by atoms with van der Waals surface area (Å²) in [6, 6.07) is 8.65. The molecule has 1 N–H and O–H groups in total. The first-order valence-electron chi connectivity index (χ1n) is 5.68. The van der Waals surface area contributed by atoms with Crippen molar-refractivity contribution in [1.82, 2.24) is 9.55 Å². The summed E-state index contributed by atoms with van der Waals surface area (Å²) in [5, 5.41) is 0. The van der Waals surface area contributed by atoms with Crippen LogP contribution in [-0.2, 0) is 6.54 Å². The fraction of sp³-hybridized carbons (Fsp3) is 0.0714. The molecule has 0 unspecified atom stereocenters. The zero-order valence-corrected chi connectivity index (χ0v) is 10.9. The van der Waals surface area contributed by atoms with Crippen molar-refractivity contribution in [2.45, 2.75) is 6.54 Å². The number of H-pyrrole nitrogens is 1. The third-order valence-electron chi connectivity index (χ3n) is 2.65. The van der Waals surface area contributed by atoms with E-state index in [-0.39, 0.29) is 22.7 Å². The van der Waals surface area contributed by atoms with Crippen LogP contribution in [0.1, 0.15) is 15.9 Å². The Hall–Kier alpha value is -2.27. The van der Waals surface area contributed by atoms with Gasteiger partial charge in [-0.05, 0) is 12.2 Å². The highest BCUT2D eigenvalue weighted by Crippen LogP contribution is 2.05. The molecule has 0 saturated heterocycles. The van der Waals surface area contributed by atoms with E-state index in [2.05, 4.69) is 11.6 Å². The number of rotatable bonds is 4. The Balaban J connectivity index is 2.56. The molecule has 0 atom stereocenters. The fourth-order valence-corrected chi connectivity index (χ4v) is 1.93. The number of carbonyl (C=O) groups excluding carboxylic acids is 1. The van der Waals surface area contributed by atoms with Crippen LogP contribution < -0.4 is 5.56 Å². The lowest BCUT2D eigenvalue weighted by Gasteiger charge is -2.05. The molecule has 96 valence electrons. The Morgan fingerprint density at radius 3 is 2.68 bits per heavy atom. The normalized spacial score (nSPS) is 10.1. The molecule has 2 aromatic rings. The molecule has 1 heterocycles. The highest BCUT2D eigenvalue weighted by atomic mass is 32.1. The minimum absolute atomic E-state index is 0.0710. The maximum atomic E-state index is 12.2. The van der Waals surface area contributed by atoms with Crippen LogP contribution in [0.2, 0.25) is 0 Å². The van der Waals surface area contributed by atoms with Gasteiger partial charge in [-0.3, -0.25) is 14.2 Å². The quantitative estimate of drug-likeness (QED) is 0.528. The van der Waals surface area contributed by atoms with Crippen molar-refractivity contribution in [3.63, 3.8) is 0 Å². The predicted molar refractivity (Wildman–Crippen MR) is 76.0 cm³/mol. The second-order valence-corrected chi connectivity index (χ2v) is 4.29. The summed E-state index contributed by atoms with van der Waals surface area (Å²) >= 11 is 5.02. The number of hydrogen-bond acceptors (Lipinski definition) is 3. The molecule has 1 aromatic carbocycles. The minimum Gasteiger partial charge on any atom is -0.338 e. The Morgan fingerprint density at radius 1 is 1.37 bits per heavy atom. The fourth-order valence-electron chi connectivity index (χ4n) is 1.71. The number of aromatic nitrogens is 2. The van der Waals surface area contributed by atoms with Gasteiger partial charge in [0, 0.05) is 18.3 Å². The number of ketones is 1. The molecule has 19 heavy (non-hydrogen) atoms. The Morgan fingerprint density at radius 2 is 2.05 bits per heavy atom. The first-order valence-corrected chi connectivity index (χ1v) is 6.09. The van der Waals surface area contributed by atoms with Crippen LogP contribution in [0, 0.1) is 4.77 Å². The summed E-state index contributed by atoms with van der Waals surface area (Å²) < 4.78 is 1.58. The van der Waals surface area contributed by atoms with Gasteiger partial charge in [-0.25, -0.2) is 0 Å². The van der Waals surface area contributed by atoms with Gasteiger partial charge in [-0.1, -0.05) is 36.4 Å². The summed E-state index contributed by atoms with van der Waals surface area (Å²) in [5.41, 5.74) is 0.134. The number of aromatic amines is 1. The monoisotopic (exact) mass is 272 g/mol. The van der Waals surface area contributed by atoms with Crippen molar-refractivity contribution in [3.05, 3.63) is 75.4 Å². The summed E-state index contributed by atoms with van der Waals surface area (Å²) in [6.45, 7) is 3.83. The molecule has 0 radical (unpaired) electrons. The molecular formula is C14H12N2O2S. The average Bonchev–Trinajstić information content (AvgIpc) is 2.44. The molecule has 0 saturated carbocycles. The zero-order valence-electron chi connectivity index (χ0n) is 10.1. The second-order valence-electron chi connectivity index (χ2n) is 3.91. The largest absolute Gasteiger partial charge is 0.338 e. The molecule has 0 aliphatic rings. The highest BCUT2D eigenvalue weighted by Gasteiger charge is 2.14. The molecule has 4 nitrogen and oxygen atoms in total. The first-order chi connectivity index (χ1) is 9.15. The van der Waals surface area contributed by atoms with E-state index < -0.39 is 5.56 Å². The van der Waals surface area contributed by atoms with Crippen molar-refractivity contribution >= 4 is 18.0 Å². The van der Waals surface area contributed by atoms with E-state index in [0.717, 1.165) is 0 Å². The van der Waals surface area contributed by atoms with Crippen molar-refractivity contribution in [1.29, 1.82) is 0 Å². The Kier molecular flexibility index (Phi) is 3.87. The molecule has 0 fully saturated rings. The van der Waals surface area contributed by atoms with Crippen molar-refractivity contribution < 1.29 is 4.79 Å². The Bertz CT molecular complexity index is 729. The summed E-state index contributed by atoms with van der Waals surface area (Å²) in [6.07, 6.45) is 2.92. The van der Waals surface area contributed by atoms with Crippen LogP contribution in [0.15, 0.2) is 54.0 Å². The van der Waals surface area contributed by atoms with Crippen molar-refractivity contribution in [2.24, 2.45) is 0 Å². The zero-order chi connectivity index (χ0) is 13.8. The second kappa shape index (κ2) is 5.58. The molecule has 0 spiro atoms. The van der Waals surface area contributed by atoms with Gasteiger partial charge in [0.15, 0.2) is 10.6 Å². The predicted octanol–water partition coefficient (Wildman–Crippen LogP) is 2.32. The maximum Gasteiger partial charge on any atom is 0.265 e. The Labute approximate surface area is 115 Å².